The van der Waals surface area contributed by atoms with Crippen LogP contribution in [0.4, 0.5) is 0 Å². The second-order valence-corrected chi connectivity index (χ2v) is 14.4. The number of hydrogen-bond acceptors (Lipinski definition) is 8. The highest BCUT2D eigenvalue weighted by Crippen LogP contribution is 2.25. The topological polar surface area (TPSA) is 160 Å². The standard InChI is InChI=1S/C38H75NO8/c1-3-4-5-6-7-8-9-10-11-12-13-14-15-16-17-18-19-20-21-22-23-24-25-26-34(42)39-31(35(43)30(2)41)27-28-32-36(44)38(46)37(45)33(29-40)47-32/h30-33,35-38,40-41,43-46H,3-29H2,1-2H3,(H,39,42)/t30-,31+,32-,33?,35-,36?,37+,38-/m1/s1. The van der Waals surface area contributed by atoms with Gasteiger partial charge >= 0.3 is 0 Å². The third-order valence-electron chi connectivity index (χ3n) is 10.0. The zero-order valence-electron chi connectivity index (χ0n) is 30.2. The minimum absolute atomic E-state index is 0.148. The quantitative estimate of drug-likeness (QED) is 0.0428. The summed E-state index contributed by atoms with van der Waals surface area (Å²) >= 11 is 0. The first-order valence-corrected chi connectivity index (χ1v) is 19.7. The van der Waals surface area contributed by atoms with Crippen LogP contribution in [0, 0.1) is 0 Å². The summed E-state index contributed by atoms with van der Waals surface area (Å²) in [5, 5.41) is 62.9. The van der Waals surface area contributed by atoms with Crippen LogP contribution in [-0.4, -0.2) is 91.9 Å². The predicted octanol–water partition coefficient (Wildman–Crippen LogP) is 6.22. The van der Waals surface area contributed by atoms with E-state index in [0.29, 0.717) is 6.42 Å². The van der Waals surface area contributed by atoms with Crippen molar-refractivity contribution in [3.05, 3.63) is 0 Å². The maximum atomic E-state index is 12.6. The molecule has 0 radical (unpaired) electrons. The number of carbonyl (C=O) groups is 1. The monoisotopic (exact) mass is 674 g/mol. The molecule has 0 spiro atoms. The largest absolute Gasteiger partial charge is 0.394 e. The van der Waals surface area contributed by atoms with E-state index in [9.17, 15) is 35.4 Å². The van der Waals surface area contributed by atoms with Crippen LogP contribution >= 0.6 is 0 Å². The summed E-state index contributed by atoms with van der Waals surface area (Å²) in [6.07, 6.45) is 22.5. The summed E-state index contributed by atoms with van der Waals surface area (Å²) in [5.74, 6) is -0.202. The van der Waals surface area contributed by atoms with Gasteiger partial charge in [-0.2, -0.15) is 0 Å². The Kier molecular flexibility index (Phi) is 27.3. The molecule has 8 atom stereocenters. The van der Waals surface area contributed by atoms with Gasteiger partial charge in [0, 0.05) is 6.42 Å². The van der Waals surface area contributed by atoms with Crippen LogP contribution in [-0.2, 0) is 9.53 Å². The second kappa shape index (κ2) is 29.0. The number of hydrogen-bond donors (Lipinski definition) is 7. The molecule has 0 aliphatic carbocycles. The van der Waals surface area contributed by atoms with Crippen LogP contribution in [0.5, 0.6) is 0 Å². The number of unbranched alkanes of at least 4 members (excludes halogenated alkanes) is 22. The van der Waals surface area contributed by atoms with Gasteiger partial charge in [0.1, 0.15) is 24.4 Å². The van der Waals surface area contributed by atoms with Crippen LogP contribution in [0.15, 0.2) is 0 Å². The van der Waals surface area contributed by atoms with Gasteiger partial charge < -0.3 is 40.7 Å². The molecule has 0 saturated carbocycles. The number of ether oxygens (including phenoxy) is 1. The molecule has 9 heteroatoms. The smallest absolute Gasteiger partial charge is 0.220 e. The molecule has 1 aliphatic heterocycles. The highest BCUT2D eigenvalue weighted by atomic mass is 16.5. The Morgan fingerprint density at radius 3 is 1.38 bits per heavy atom. The normalized spacial score (nSPS) is 23.4. The number of amides is 1. The Labute approximate surface area is 287 Å². The molecule has 2 unspecified atom stereocenters. The predicted molar refractivity (Wildman–Crippen MR) is 189 cm³/mol. The van der Waals surface area contributed by atoms with E-state index in [2.05, 4.69) is 12.2 Å². The molecule has 0 bridgehead atoms. The fraction of sp³-hybridized carbons (Fsp3) is 0.974. The molecule has 1 amide bonds. The van der Waals surface area contributed by atoms with Crippen LogP contribution in [0.3, 0.4) is 0 Å². The Bertz CT molecular complexity index is 724. The van der Waals surface area contributed by atoms with E-state index in [4.69, 9.17) is 4.74 Å². The van der Waals surface area contributed by atoms with Crippen molar-refractivity contribution in [3.63, 3.8) is 0 Å². The van der Waals surface area contributed by atoms with Gasteiger partial charge in [-0.1, -0.05) is 148 Å². The number of aliphatic hydroxyl groups excluding tert-OH is 6. The molecule has 0 aromatic heterocycles. The van der Waals surface area contributed by atoms with E-state index in [0.717, 1.165) is 19.3 Å². The first-order chi connectivity index (χ1) is 22.7. The third-order valence-corrected chi connectivity index (χ3v) is 10.0. The fourth-order valence-electron chi connectivity index (χ4n) is 6.78. The number of aliphatic hydroxyl groups is 6. The molecule has 1 aliphatic rings. The number of nitrogens with one attached hydrogen (secondary N) is 1. The van der Waals surface area contributed by atoms with Gasteiger partial charge in [0.2, 0.25) is 5.91 Å². The van der Waals surface area contributed by atoms with Crippen LogP contribution < -0.4 is 5.32 Å². The van der Waals surface area contributed by atoms with Gasteiger partial charge in [0.05, 0.1) is 31.0 Å². The lowest BCUT2D eigenvalue weighted by molar-refractivity contribution is -0.231. The van der Waals surface area contributed by atoms with Gasteiger partial charge in [0.15, 0.2) is 0 Å². The van der Waals surface area contributed by atoms with Gasteiger partial charge in [-0.25, -0.2) is 0 Å². The van der Waals surface area contributed by atoms with E-state index < -0.39 is 55.4 Å². The van der Waals surface area contributed by atoms with E-state index in [1.165, 1.54) is 135 Å². The SMILES string of the molecule is CCCCCCCCCCCCCCCCCCCCCCCCCC(=O)N[C@@H](CC[C@H]1OC(CO)[C@H](O)[C@H](O)C1O)[C@H](O)[C@@H](C)O. The van der Waals surface area contributed by atoms with Gasteiger partial charge in [0.25, 0.3) is 0 Å². The molecular formula is C38H75NO8. The van der Waals surface area contributed by atoms with Crippen molar-refractivity contribution in [2.75, 3.05) is 6.61 Å². The van der Waals surface area contributed by atoms with Crippen molar-refractivity contribution in [1.82, 2.24) is 5.32 Å². The summed E-state index contributed by atoms with van der Waals surface area (Å²) in [5.41, 5.74) is 0. The van der Waals surface area contributed by atoms with Crippen LogP contribution in [0.1, 0.15) is 181 Å². The van der Waals surface area contributed by atoms with E-state index in [-0.39, 0.29) is 18.7 Å². The molecular weight excluding hydrogens is 598 g/mol. The summed E-state index contributed by atoms with van der Waals surface area (Å²) < 4.78 is 5.54. The summed E-state index contributed by atoms with van der Waals surface area (Å²) in [6.45, 7) is 3.21. The summed E-state index contributed by atoms with van der Waals surface area (Å²) in [4.78, 5) is 12.6. The molecule has 1 fully saturated rings. The zero-order valence-corrected chi connectivity index (χ0v) is 30.2. The summed E-state index contributed by atoms with van der Waals surface area (Å²) in [6, 6.07) is -0.764. The maximum absolute atomic E-state index is 12.6. The highest BCUT2D eigenvalue weighted by molar-refractivity contribution is 5.76. The van der Waals surface area contributed by atoms with Gasteiger partial charge in [-0.3, -0.25) is 4.79 Å². The minimum atomic E-state index is -1.47. The first kappa shape index (κ1) is 44.2. The molecule has 0 aromatic carbocycles. The average molecular weight is 674 g/mol. The molecule has 1 heterocycles. The number of rotatable bonds is 31. The third kappa shape index (κ3) is 21.1. The lowest BCUT2D eigenvalue weighted by Gasteiger charge is -2.40. The van der Waals surface area contributed by atoms with Crippen molar-refractivity contribution in [2.24, 2.45) is 0 Å². The molecule has 1 saturated heterocycles. The Morgan fingerprint density at radius 1 is 0.617 bits per heavy atom. The van der Waals surface area contributed by atoms with Gasteiger partial charge in [-0.05, 0) is 26.2 Å². The summed E-state index contributed by atoms with van der Waals surface area (Å²) in [7, 11) is 0. The Hall–Kier alpha value is -0.810. The highest BCUT2D eigenvalue weighted by Gasteiger charge is 2.43. The molecule has 7 N–H and O–H groups in total. The van der Waals surface area contributed by atoms with E-state index in [1.807, 2.05) is 0 Å². The van der Waals surface area contributed by atoms with Crippen molar-refractivity contribution in [2.45, 2.75) is 230 Å². The average Bonchev–Trinajstić information content (AvgIpc) is 3.06. The molecule has 1 rings (SSSR count). The maximum Gasteiger partial charge on any atom is 0.220 e. The van der Waals surface area contributed by atoms with Crippen molar-refractivity contribution >= 4 is 5.91 Å². The lowest BCUT2D eigenvalue weighted by atomic mass is 9.90. The lowest BCUT2D eigenvalue weighted by Crippen LogP contribution is -2.58. The van der Waals surface area contributed by atoms with E-state index >= 15 is 0 Å². The second-order valence-electron chi connectivity index (χ2n) is 14.4. The molecule has 280 valence electrons. The van der Waals surface area contributed by atoms with Crippen molar-refractivity contribution in [3.8, 4) is 0 Å². The van der Waals surface area contributed by atoms with Crippen molar-refractivity contribution < 1.29 is 40.2 Å². The van der Waals surface area contributed by atoms with E-state index in [1.54, 1.807) is 0 Å². The molecule has 0 aromatic rings. The fourth-order valence-corrected chi connectivity index (χ4v) is 6.78. The Morgan fingerprint density at radius 2 is 1.00 bits per heavy atom. The van der Waals surface area contributed by atoms with Gasteiger partial charge in [-0.15, -0.1) is 0 Å². The Balaban J connectivity index is 2.02. The number of carbonyl (C=O) groups excluding carboxylic acids is 1. The zero-order chi connectivity index (χ0) is 34.7. The van der Waals surface area contributed by atoms with Crippen LogP contribution in [0.25, 0.3) is 0 Å². The minimum Gasteiger partial charge on any atom is -0.394 e. The van der Waals surface area contributed by atoms with Crippen molar-refractivity contribution in [1.29, 1.82) is 0 Å². The molecule has 9 nitrogen and oxygen atoms in total. The van der Waals surface area contributed by atoms with Crippen LogP contribution in [0.2, 0.25) is 0 Å². The first-order valence-electron chi connectivity index (χ1n) is 19.7. The molecule has 47 heavy (non-hydrogen) atoms.